The summed E-state index contributed by atoms with van der Waals surface area (Å²) in [5, 5.41) is 0. The van der Waals surface area contributed by atoms with Crippen LogP contribution in [0.15, 0.2) is 6.33 Å². The van der Waals surface area contributed by atoms with E-state index in [1.807, 2.05) is 55.4 Å². The third-order valence-electron chi connectivity index (χ3n) is 1.08. The molecule has 0 bridgehead atoms. The number of hydrogen-bond donors (Lipinski definition) is 1. The molecule has 1 rings (SSSR count). The maximum atomic E-state index is 3.96. The van der Waals surface area contributed by atoms with Crippen molar-refractivity contribution in [2.24, 2.45) is 0 Å². The Morgan fingerprint density at radius 2 is 1.31 bits per heavy atom. The van der Waals surface area contributed by atoms with Gasteiger partial charge in [-0.3, -0.25) is 0 Å². The number of nitrogens with zero attached hydrogens (tertiary/aromatic N) is 1. The van der Waals surface area contributed by atoms with Crippen LogP contribution in [0.25, 0.3) is 0 Å². The molecule has 1 N–H and O–H groups in total. The fourth-order valence-corrected chi connectivity index (χ4v) is 0.427. The Labute approximate surface area is 83.8 Å². The lowest BCUT2D eigenvalue weighted by Crippen LogP contribution is -1.71. The highest BCUT2D eigenvalue weighted by atomic mass is 14.9. The van der Waals surface area contributed by atoms with Crippen LogP contribution in [0.4, 0.5) is 0 Å². The smallest absolute Gasteiger partial charge is 0.0925 e. The van der Waals surface area contributed by atoms with Gasteiger partial charge in [0.1, 0.15) is 0 Å². The molecule has 0 saturated carbocycles. The van der Waals surface area contributed by atoms with Gasteiger partial charge in [0.15, 0.2) is 0 Å². The molecule has 0 aromatic carbocycles. The Morgan fingerprint density at radius 3 is 1.38 bits per heavy atom. The van der Waals surface area contributed by atoms with Crippen LogP contribution in [0.1, 0.15) is 52.9 Å². The molecule has 0 unspecified atom stereocenters. The van der Waals surface area contributed by atoms with E-state index in [4.69, 9.17) is 0 Å². The zero-order chi connectivity index (χ0) is 11.3. The fraction of sp³-hybridized carbons (Fsp3) is 0.727. The lowest BCUT2D eigenvalue weighted by Gasteiger charge is -1.79. The van der Waals surface area contributed by atoms with Gasteiger partial charge in [-0.1, -0.05) is 41.5 Å². The van der Waals surface area contributed by atoms with Crippen molar-refractivity contribution in [3.63, 3.8) is 0 Å². The highest BCUT2D eigenvalue weighted by Crippen LogP contribution is 1.94. The predicted molar refractivity (Wildman–Crippen MR) is 62.1 cm³/mol. The third-order valence-corrected chi connectivity index (χ3v) is 1.08. The SMILES string of the molecule is CC.CC.CC.Cc1nc[nH]c1C. The molecule has 0 saturated heterocycles. The van der Waals surface area contributed by atoms with Gasteiger partial charge >= 0.3 is 0 Å². The van der Waals surface area contributed by atoms with Gasteiger partial charge in [0.25, 0.3) is 0 Å². The highest BCUT2D eigenvalue weighted by molar-refractivity contribution is 5.04. The minimum Gasteiger partial charge on any atom is -0.348 e. The second-order valence-electron chi connectivity index (χ2n) is 1.61. The average molecular weight is 186 g/mol. The number of aromatic nitrogens is 2. The monoisotopic (exact) mass is 186 g/mol. The molecule has 0 aliphatic carbocycles. The Balaban J connectivity index is -0.000000144. The van der Waals surface area contributed by atoms with Crippen molar-refractivity contribution >= 4 is 0 Å². The van der Waals surface area contributed by atoms with Crippen LogP contribution in [-0.2, 0) is 0 Å². The molecule has 0 atom stereocenters. The largest absolute Gasteiger partial charge is 0.348 e. The summed E-state index contributed by atoms with van der Waals surface area (Å²) in [4.78, 5) is 6.92. The van der Waals surface area contributed by atoms with Crippen LogP contribution < -0.4 is 0 Å². The first kappa shape index (κ1) is 18.1. The van der Waals surface area contributed by atoms with Crippen molar-refractivity contribution in [2.75, 3.05) is 0 Å². The van der Waals surface area contributed by atoms with E-state index in [9.17, 15) is 0 Å². The number of imidazole rings is 1. The molecule has 2 heteroatoms. The zero-order valence-electron chi connectivity index (χ0n) is 10.5. The summed E-state index contributed by atoms with van der Waals surface area (Å²) in [5.74, 6) is 0. The number of aryl methyl sites for hydroxylation is 2. The van der Waals surface area contributed by atoms with Gasteiger partial charge in [-0.2, -0.15) is 0 Å². The van der Waals surface area contributed by atoms with Crippen LogP contribution in [0.2, 0.25) is 0 Å². The topological polar surface area (TPSA) is 28.7 Å². The number of nitrogens with one attached hydrogen (secondary N) is 1. The van der Waals surface area contributed by atoms with E-state index >= 15 is 0 Å². The van der Waals surface area contributed by atoms with E-state index in [-0.39, 0.29) is 0 Å². The van der Waals surface area contributed by atoms with Gasteiger partial charge in [-0.05, 0) is 13.8 Å². The zero-order valence-corrected chi connectivity index (χ0v) is 10.5. The lowest BCUT2D eigenvalue weighted by atomic mass is 10.4. The first-order chi connectivity index (χ1) is 6.30. The van der Waals surface area contributed by atoms with E-state index in [1.165, 1.54) is 0 Å². The van der Waals surface area contributed by atoms with Gasteiger partial charge in [-0.25, -0.2) is 4.98 Å². The molecule has 80 valence electrons. The molecule has 1 heterocycles. The summed E-state index contributed by atoms with van der Waals surface area (Å²) in [7, 11) is 0. The van der Waals surface area contributed by atoms with Crippen LogP contribution in [0.3, 0.4) is 0 Å². The molecule has 0 spiro atoms. The molecule has 0 fully saturated rings. The van der Waals surface area contributed by atoms with E-state index in [1.54, 1.807) is 6.33 Å². The maximum absolute atomic E-state index is 3.96. The van der Waals surface area contributed by atoms with Crippen molar-refractivity contribution < 1.29 is 0 Å². The summed E-state index contributed by atoms with van der Waals surface area (Å²) in [6.07, 6.45) is 1.70. The molecular weight excluding hydrogens is 160 g/mol. The van der Waals surface area contributed by atoms with Crippen LogP contribution >= 0.6 is 0 Å². The average Bonchev–Trinajstić information content (AvgIpc) is 2.61. The van der Waals surface area contributed by atoms with Gasteiger partial charge in [-0.15, -0.1) is 0 Å². The van der Waals surface area contributed by atoms with Gasteiger partial charge in [0.2, 0.25) is 0 Å². The minimum absolute atomic E-state index is 1.08. The van der Waals surface area contributed by atoms with Crippen molar-refractivity contribution in [3.8, 4) is 0 Å². The molecular formula is C11H26N2. The van der Waals surface area contributed by atoms with Crippen LogP contribution in [0.5, 0.6) is 0 Å². The quantitative estimate of drug-likeness (QED) is 0.649. The Morgan fingerprint density at radius 1 is 0.923 bits per heavy atom. The summed E-state index contributed by atoms with van der Waals surface area (Å²) in [6, 6.07) is 0. The van der Waals surface area contributed by atoms with Gasteiger partial charge in [0.05, 0.1) is 12.0 Å². The van der Waals surface area contributed by atoms with Crippen molar-refractivity contribution in [3.05, 3.63) is 17.7 Å². The normalized spacial score (nSPS) is 6.46. The summed E-state index contributed by atoms with van der Waals surface area (Å²) < 4.78 is 0. The number of H-pyrrole nitrogens is 1. The molecule has 2 nitrogen and oxygen atoms in total. The van der Waals surface area contributed by atoms with Crippen molar-refractivity contribution in [1.29, 1.82) is 0 Å². The van der Waals surface area contributed by atoms with Gasteiger partial charge in [0, 0.05) is 5.69 Å². The van der Waals surface area contributed by atoms with Crippen molar-refractivity contribution in [2.45, 2.75) is 55.4 Å². The van der Waals surface area contributed by atoms with E-state index in [0.29, 0.717) is 0 Å². The van der Waals surface area contributed by atoms with Crippen molar-refractivity contribution in [1.82, 2.24) is 9.97 Å². The fourth-order valence-electron chi connectivity index (χ4n) is 0.427. The third kappa shape index (κ3) is 11.2. The number of rotatable bonds is 0. The second-order valence-corrected chi connectivity index (χ2v) is 1.61. The first-order valence-electron chi connectivity index (χ1n) is 5.27. The summed E-state index contributed by atoms with van der Waals surface area (Å²) in [6.45, 7) is 16.0. The standard InChI is InChI=1S/C5H8N2.3C2H6/c1-4-5(2)7-3-6-4;3*1-2/h3H,1-2H3,(H,6,7);3*1-2H3. The molecule has 1 aromatic heterocycles. The first-order valence-corrected chi connectivity index (χ1v) is 5.27. The number of hydrogen-bond acceptors (Lipinski definition) is 1. The van der Waals surface area contributed by atoms with E-state index < -0.39 is 0 Å². The lowest BCUT2D eigenvalue weighted by molar-refractivity contribution is 1.22. The molecule has 0 radical (unpaired) electrons. The van der Waals surface area contributed by atoms with E-state index in [2.05, 4.69) is 9.97 Å². The minimum atomic E-state index is 1.08. The summed E-state index contributed by atoms with van der Waals surface area (Å²) >= 11 is 0. The Hall–Kier alpha value is -0.790. The Bertz CT molecular complexity index is 140. The van der Waals surface area contributed by atoms with Crippen LogP contribution in [-0.4, -0.2) is 9.97 Å². The van der Waals surface area contributed by atoms with Gasteiger partial charge < -0.3 is 4.98 Å². The number of aromatic amines is 1. The van der Waals surface area contributed by atoms with E-state index in [0.717, 1.165) is 11.4 Å². The maximum Gasteiger partial charge on any atom is 0.0925 e. The molecule has 0 aliphatic heterocycles. The molecule has 0 aliphatic rings. The highest BCUT2D eigenvalue weighted by Gasteiger charge is 1.87. The molecule has 0 amide bonds. The second kappa shape index (κ2) is 17.3. The van der Waals surface area contributed by atoms with Crippen LogP contribution in [0, 0.1) is 13.8 Å². The predicted octanol–water partition coefficient (Wildman–Crippen LogP) is 4.11. The molecule has 1 aromatic rings. The Kier molecular flexibility index (Phi) is 24.1. The molecule has 13 heavy (non-hydrogen) atoms. The summed E-state index contributed by atoms with van der Waals surface area (Å²) in [5.41, 5.74) is 2.24.